The van der Waals surface area contributed by atoms with Crippen LogP contribution in [0.2, 0.25) is 0 Å². The highest BCUT2D eigenvalue weighted by Gasteiger charge is 2.18. The van der Waals surface area contributed by atoms with Crippen LogP contribution in [0.1, 0.15) is 6.42 Å². The molecule has 7 heteroatoms. The Morgan fingerprint density at radius 2 is 1.93 bits per heavy atom. The summed E-state index contributed by atoms with van der Waals surface area (Å²) in [5.74, 6) is 0.139. The summed E-state index contributed by atoms with van der Waals surface area (Å²) >= 11 is 0. The number of anilines is 1. The van der Waals surface area contributed by atoms with Gasteiger partial charge in [-0.15, -0.1) is 12.4 Å². The number of hydrogen-bond acceptors (Lipinski definition) is 4. The lowest BCUT2D eigenvalue weighted by molar-refractivity contribution is 0.224. The number of benzene rings is 1. The number of rotatable bonds is 6. The molecule has 1 aliphatic rings. The predicted octanol–water partition coefficient (Wildman–Crippen LogP) is 3.71. The van der Waals surface area contributed by atoms with Crippen LogP contribution >= 0.6 is 12.4 Å². The third-order valence-electron chi connectivity index (χ3n) is 4.87. The van der Waals surface area contributed by atoms with E-state index in [2.05, 4.69) is 44.0 Å². The fraction of sp³-hybridized carbons (Fsp3) is 0.350. The molecule has 0 amide bonds. The normalized spacial score (nSPS) is 14.9. The topological polar surface area (TPSA) is 44.4 Å². The summed E-state index contributed by atoms with van der Waals surface area (Å²) in [6.45, 7) is 5.79. The van der Waals surface area contributed by atoms with Gasteiger partial charge in [0.2, 0.25) is 5.95 Å². The molecule has 0 atom stereocenters. The second-order valence-corrected chi connectivity index (χ2v) is 6.57. The molecule has 0 unspecified atom stereocenters. The van der Waals surface area contributed by atoms with E-state index in [0.29, 0.717) is 12.4 Å². The standard InChI is InChI=1S/C20H23FN4O.ClH/c21-19-6-5-17(15-23-19)26-14-2-9-24-10-12-25(13-11-24)18-4-1-3-16-7-8-22-20(16)18;/h1,3-8,15,22H,2,9-14H2;1H. The number of nitrogens with one attached hydrogen (secondary N) is 1. The number of nitrogens with zero attached hydrogens (tertiary/aromatic N) is 3. The Bertz CT molecular complexity index is 847. The molecule has 0 saturated carbocycles. The predicted molar refractivity (Wildman–Crippen MR) is 109 cm³/mol. The van der Waals surface area contributed by atoms with Crippen molar-refractivity contribution in [1.29, 1.82) is 0 Å². The number of halogens is 2. The third-order valence-corrected chi connectivity index (χ3v) is 4.87. The van der Waals surface area contributed by atoms with Crippen molar-refractivity contribution in [3.05, 3.63) is 54.7 Å². The van der Waals surface area contributed by atoms with Crippen molar-refractivity contribution in [1.82, 2.24) is 14.9 Å². The summed E-state index contributed by atoms with van der Waals surface area (Å²) in [6, 6.07) is 11.5. The van der Waals surface area contributed by atoms with E-state index in [1.165, 1.54) is 28.9 Å². The average Bonchev–Trinajstić information content (AvgIpc) is 3.16. The molecule has 5 nitrogen and oxygen atoms in total. The van der Waals surface area contributed by atoms with Crippen molar-refractivity contribution >= 4 is 29.0 Å². The summed E-state index contributed by atoms with van der Waals surface area (Å²) in [6.07, 6.45) is 4.37. The highest BCUT2D eigenvalue weighted by atomic mass is 35.5. The molecule has 3 heterocycles. The minimum Gasteiger partial charge on any atom is -0.492 e. The van der Waals surface area contributed by atoms with E-state index in [1.807, 2.05) is 6.20 Å². The molecule has 1 fully saturated rings. The van der Waals surface area contributed by atoms with Crippen LogP contribution in [-0.2, 0) is 0 Å². The van der Waals surface area contributed by atoms with Crippen molar-refractivity contribution in [3.8, 4) is 5.75 Å². The molecule has 1 saturated heterocycles. The van der Waals surface area contributed by atoms with Gasteiger partial charge in [-0.25, -0.2) is 4.98 Å². The highest BCUT2D eigenvalue weighted by Crippen LogP contribution is 2.26. The summed E-state index contributed by atoms with van der Waals surface area (Å²) in [7, 11) is 0. The molecule has 144 valence electrons. The van der Waals surface area contributed by atoms with Gasteiger partial charge in [0.25, 0.3) is 0 Å². The molecular weight excluding hydrogens is 367 g/mol. The second-order valence-electron chi connectivity index (χ2n) is 6.57. The Hall–Kier alpha value is -2.31. The van der Waals surface area contributed by atoms with Crippen molar-refractivity contribution in [2.75, 3.05) is 44.2 Å². The number of para-hydroxylation sites is 1. The molecule has 1 aliphatic heterocycles. The SMILES string of the molecule is Cl.Fc1ccc(OCCCN2CCN(c3cccc4cc[nH]c34)CC2)cn1. The highest BCUT2D eigenvalue weighted by molar-refractivity contribution is 5.91. The van der Waals surface area contributed by atoms with Gasteiger partial charge >= 0.3 is 0 Å². The van der Waals surface area contributed by atoms with E-state index in [9.17, 15) is 4.39 Å². The van der Waals surface area contributed by atoms with Crippen LogP contribution in [0.15, 0.2) is 48.8 Å². The van der Waals surface area contributed by atoms with Gasteiger partial charge in [-0.2, -0.15) is 4.39 Å². The van der Waals surface area contributed by atoms with Gasteiger partial charge < -0.3 is 14.6 Å². The van der Waals surface area contributed by atoms with Gasteiger partial charge in [0.05, 0.1) is 24.0 Å². The number of aromatic nitrogens is 2. The second kappa shape index (κ2) is 9.06. The van der Waals surface area contributed by atoms with Crippen LogP contribution in [0.4, 0.5) is 10.1 Å². The Morgan fingerprint density at radius 3 is 2.70 bits per heavy atom. The number of H-pyrrole nitrogens is 1. The molecule has 0 spiro atoms. The lowest BCUT2D eigenvalue weighted by Crippen LogP contribution is -2.46. The maximum absolute atomic E-state index is 12.8. The van der Waals surface area contributed by atoms with Crippen LogP contribution in [0, 0.1) is 5.95 Å². The molecule has 0 aliphatic carbocycles. The van der Waals surface area contributed by atoms with E-state index >= 15 is 0 Å². The number of pyridine rings is 1. The van der Waals surface area contributed by atoms with Gasteiger partial charge in [-0.3, -0.25) is 4.90 Å². The van der Waals surface area contributed by atoms with E-state index in [0.717, 1.165) is 39.1 Å². The van der Waals surface area contributed by atoms with Gasteiger partial charge in [0.1, 0.15) is 5.75 Å². The van der Waals surface area contributed by atoms with E-state index in [-0.39, 0.29) is 12.4 Å². The lowest BCUT2D eigenvalue weighted by Gasteiger charge is -2.36. The zero-order valence-electron chi connectivity index (χ0n) is 15.1. The Balaban J connectivity index is 0.00000210. The van der Waals surface area contributed by atoms with Gasteiger partial charge in [0.15, 0.2) is 0 Å². The maximum atomic E-state index is 12.8. The molecule has 0 bridgehead atoms. The minimum atomic E-state index is -0.481. The summed E-state index contributed by atoms with van der Waals surface area (Å²) in [5.41, 5.74) is 2.52. The molecule has 4 rings (SSSR count). The average molecular weight is 391 g/mol. The Morgan fingerprint density at radius 1 is 1.07 bits per heavy atom. The molecular formula is C20H24ClFN4O. The fourth-order valence-corrected chi connectivity index (χ4v) is 3.47. The van der Waals surface area contributed by atoms with Crippen LogP contribution in [0.5, 0.6) is 5.75 Å². The molecule has 1 aromatic carbocycles. The Labute approximate surface area is 164 Å². The first-order valence-corrected chi connectivity index (χ1v) is 9.07. The van der Waals surface area contributed by atoms with E-state index in [4.69, 9.17) is 4.74 Å². The summed E-state index contributed by atoms with van der Waals surface area (Å²) in [5, 5.41) is 1.26. The number of aromatic amines is 1. The molecule has 2 aromatic heterocycles. The number of piperazine rings is 1. The zero-order chi connectivity index (χ0) is 17.8. The number of fused-ring (bicyclic) bond motifs is 1. The molecule has 3 aromatic rings. The first-order valence-electron chi connectivity index (χ1n) is 9.07. The minimum absolute atomic E-state index is 0. The van der Waals surface area contributed by atoms with Crippen molar-refractivity contribution < 1.29 is 9.13 Å². The maximum Gasteiger partial charge on any atom is 0.213 e. The van der Waals surface area contributed by atoms with Crippen LogP contribution in [0.25, 0.3) is 10.9 Å². The monoisotopic (exact) mass is 390 g/mol. The summed E-state index contributed by atoms with van der Waals surface area (Å²) < 4.78 is 18.4. The van der Waals surface area contributed by atoms with Gasteiger partial charge in [0, 0.05) is 44.3 Å². The first-order chi connectivity index (χ1) is 12.8. The van der Waals surface area contributed by atoms with E-state index < -0.39 is 5.95 Å². The largest absolute Gasteiger partial charge is 0.492 e. The quantitative estimate of drug-likeness (QED) is 0.514. The Kier molecular flexibility index (Phi) is 6.53. The van der Waals surface area contributed by atoms with Crippen LogP contribution in [0.3, 0.4) is 0 Å². The molecule has 1 N–H and O–H groups in total. The van der Waals surface area contributed by atoms with E-state index in [1.54, 1.807) is 6.07 Å². The van der Waals surface area contributed by atoms with Gasteiger partial charge in [-0.1, -0.05) is 12.1 Å². The van der Waals surface area contributed by atoms with Crippen molar-refractivity contribution in [2.45, 2.75) is 6.42 Å². The molecule has 27 heavy (non-hydrogen) atoms. The number of ether oxygens (including phenoxy) is 1. The smallest absolute Gasteiger partial charge is 0.213 e. The molecule has 0 radical (unpaired) electrons. The van der Waals surface area contributed by atoms with Crippen LogP contribution < -0.4 is 9.64 Å². The lowest BCUT2D eigenvalue weighted by atomic mass is 10.2. The fourth-order valence-electron chi connectivity index (χ4n) is 3.47. The number of hydrogen-bond donors (Lipinski definition) is 1. The third kappa shape index (κ3) is 4.70. The van der Waals surface area contributed by atoms with Crippen molar-refractivity contribution in [2.24, 2.45) is 0 Å². The van der Waals surface area contributed by atoms with Crippen LogP contribution in [-0.4, -0.2) is 54.2 Å². The van der Waals surface area contributed by atoms with Crippen molar-refractivity contribution in [3.63, 3.8) is 0 Å². The summed E-state index contributed by atoms with van der Waals surface area (Å²) in [4.78, 5) is 11.9. The zero-order valence-corrected chi connectivity index (χ0v) is 15.9. The van der Waals surface area contributed by atoms with Gasteiger partial charge in [-0.05, 0) is 30.7 Å². The first kappa shape index (κ1) is 19.5.